The molecule has 0 amide bonds. The molecule has 0 aliphatic heterocycles. The lowest BCUT2D eigenvalue weighted by Crippen LogP contribution is -2.43. The van der Waals surface area contributed by atoms with Gasteiger partial charge >= 0.3 is 5.97 Å². The molecular weight excluding hydrogens is 459 g/mol. The zero-order valence-corrected chi connectivity index (χ0v) is 23.7. The Hall–Kier alpha value is -2.02. The van der Waals surface area contributed by atoms with Crippen LogP contribution in [0.2, 0.25) is 18.1 Å². The third-order valence-corrected chi connectivity index (χ3v) is 12.3. The molecule has 0 heterocycles. The second-order valence-corrected chi connectivity index (χ2v) is 17.0. The number of fused-ring (bicyclic) bond motifs is 1. The van der Waals surface area contributed by atoms with Gasteiger partial charge in [-0.3, -0.25) is 0 Å². The highest BCUT2D eigenvalue weighted by atomic mass is 28.4. The summed E-state index contributed by atoms with van der Waals surface area (Å²) in [6.45, 7) is 17.5. The Bertz CT molecular complexity index is 1080. The molecule has 2 aromatic rings. The summed E-state index contributed by atoms with van der Waals surface area (Å²) in [5, 5.41) is 10.1. The standard InChI is InChI=1S/C29H41FO4Si/c1-18(17-31)22-14-20-15-29(5,6)16-23(34-35(8,9)28(2,3)4)24(20)25(26(22)27(32)33-7)19-10-12-21(30)13-11-19/h10-14,18,23,31H,15-17H2,1-9H3. The summed E-state index contributed by atoms with van der Waals surface area (Å²) in [6, 6.07) is 8.34. The third-order valence-electron chi connectivity index (χ3n) is 7.78. The highest BCUT2D eigenvalue weighted by molar-refractivity contribution is 6.74. The summed E-state index contributed by atoms with van der Waals surface area (Å²) >= 11 is 0. The fourth-order valence-corrected chi connectivity index (χ4v) is 6.11. The number of aliphatic hydroxyl groups excluding tert-OH is 1. The molecular formula is C29H41FO4Si. The number of ether oxygens (including phenoxy) is 1. The summed E-state index contributed by atoms with van der Waals surface area (Å²) in [4.78, 5) is 13.3. The molecule has 1 aliphatic carbocycles. The fourth-order valence-electron chi connectivity index (χ4n) is 4.84. The smallest absolute Gasteiger partial charge is 0.338 e. The van der Waals surface area contributed by atoms with E-state index in [-0.39, 0.29) is 34.9 Å². The largest absolute Gasteiger partial charge is 0.465 e. The quantitative estimate of drug-likeness (QED) is 0.331. The number of aliphatic hydroxyl groups is 1. The first-order chi connectivity index (χ1) is 16.1. The maximum Gasteiger partial charge on any atom is 0.338 e. The normalized spacial score (nSPS) is 18.7. The van der Waals surface area contributed by atoms with Crippen LogP contribution in [0.4, 0.5) is 4.39 Å². The lowest BCUT2D eigenvalue weighted by atomic mass is 9.69. The molecule has 0 radical (unpaired) electrons. The van der Waals surface area contributed by atoms with E-state index in [1.54, 1.807) is 12.1 Å². The molecule has 0 saturated heterocycles. The lowest BCUT2D eigenvalue weighted by molar-refractivity contribution is 0.0598. The van der Waals surface area contributed by atoms with Gasteiger partial charge in [0.05, 0.1) is 18.8 Å². The van der Waals surface area contributed by atoms with Crippen molar-refractivity contribution in [2.24, 2.45) is 5.41 Å². The molecule has 35 heavy (non-hydrogen) atoms. The van der Waals surface area contributed by atoms with E-state index >= 15 is 0 Å². The van der Waals surface area contributed by atoms with Crippen LogP contribution in [-0.4, -0.2) is 33.1 Å². The van der Waals surface area contributed by atoms with Crippen molar-refractivity contribution in [3.63, 3.8) is 0 Å². The molecule has 0 aromatic heterocycles. The molecule has 0 fully saturated rings. The number of halogens is 1. The first-order valence-corrected chi connectivity index (χ1v) is 15.4. The maximum atomic E-state index is 13.9. The summed E-state index contributed by atoms with van der Waals surface area (Å²) in [5.74, 6) is -1.06. The Balaban J connectivity index is 2.42. The highest BCUT2D eigenvalue weighted by Gasteiger charge is 2.44. The van der Waals surface area contributed by atoms with Gasteiger partial charge < -0.3 is 14.3 Å². The zero-order valence-electron chi connectivity index (χ0n) is 22.7. The fraction of sp³-hybridized carbons (Fsp3) is 0.552. The Labute approximate surface area is 211 Å². The minimum Gasteiger partial charge on any atom is -0.465 e. The van der Waals surface area contributed by atoms with Crippen LogP contribution in [0.15, 0.2) is 30.3 Å². The average Bonchev–Trinajstić information content (AvgIpc) is 2.75. The van der Waals surface area contributed by atoms with E-state index in [0.717, 1.165) is 40.7 Å². The predicted molar refractivity (Wildman–Crippen MR) is 142 cm³/mol. The minimum absolute atomic E-state index is 0.00734. The van der Waals surface area contributed by atoms with Crippen LogP contribution in [0.3, 0.4) is 0 Å². The van der Waals surface area contributed by atoms with Gasteiger partial charge in [-0.15, -0.1) is 0 Å². The molecule has 1 aliphatic rings. The second kappa shape index (κ2) is 9.79. The van der Waals surface area contributed by atoms with Crippen LogP contribution in [-0.2, 0) is 15.6 Å². The van der Waals surface area contributed by atoms with Crippen molar-refractivity contribution in [2.75, 3.05) is 13.7 Å². The Morgan fingerprint density at radius 1 is 1.23 bits per heavy atom. The van der Waals surface area contributed by atoms with Gasteiger partial charge in [-0.2, -0.15) is 0 Å². The summed E-state index contributed by atoms with van der Waals surface area (Å²) < 4.78 is 26.2. The number of hydrogen-bond acceptors (Lipinski definition) is 4. The van der Waals surface area contributed by atoms with Gasteiger partial charge in [-0.05, 0) is 70.8 Å². The third kappa shape index (κ3) is 5.55. The van der Waals surface area contributed by atoms with Crippen LogP contribution >= 0.6 is 0 Å². The second-order valence-electron chi connectivity index (χ2n) is 12.3. The van der Waals surface area contributed by atoms with E-state index in [2.05, 4.69) is 53.8 Å². The lowest BCUT2D eigenvalue weighted by Gasteiger charge is -2.45. The van der Waals surface area contributed by atoms with E-state index in [1.807, 2.05) is 6.92 Å². The van der Waals surface area contributed by atoms with Crippen molar-refractivity contribution in [3.05, 3.63) is 58.4 Å². The minimum atomic E-state index is -2.17. The monoisotopic (exact) mass is 500 g/mol. The molecule has 0 bridgehead atoms. The van der Waals surface area contributed by atoms with E-state index in [9.17, 15) is 14.3 Å². The molecule has 4 nitrogen and oxygen atoms in total. The van der Waals surface area contributed by atoms with Crippen molar-refractivity contribution in [1.29, 1.82) is 0 Å². The topological polar surface area (TPSA) is 55.8 Å². The van der Waals surface area contributed by atoms with E-state index in [0.29, 0.717) is 5.56 Å². The number of benzene rings is 2. The van der Waals surface area contributed by atoms with Crippen LogP contribution in [0.5, 0.6) is 0 Å². The molecule has 0 spiro atoms. The predicted octanol–water partition coefficient (Wildman–Crippen LogP) is 7.41. The molecule has 6 heteroatoms. The molecule has 1 N–H and O–H groups in total. The van der Waals surface area contributed by atoms with Gasteiger partial charge in [-0.25, -0.2) is 9.18 Å². The van der Waals surface area contributed by atoms with Crippen molar-refractivity contribution >= 4 is 14.3 Å². The van der Waals surface area contributed by atoms with E-state index < -0.39 is 14.3 Å². The summed E-state index contributed by atoms with van der Waals surface area (Å²) in [5.41, 5.74) is 4.78. The Kier molecular flexibility index (Phi) is 7.71. The van der Waals surface area contributed by atoms with Crippen molar-refractivity contribution < 1.29 is 23.5 Å². The molecule has 0 saturated carbocycles. The molecule has 2 atom stereocenters. The SMILES string of the molecule is COC(=O)c1c(C(C)CO)cc2c(c1-c1ccc(F)cc1)C(O[Si](C)(C)C(C)(C)C)CC(C)(C)C2. The van der Waals surface area contributed by atoms with E-state index in [1.165, 1.54) is 19.2 Å². The summed E-state index contributed by atoms with van der Waals surface area (Å²) in [6.07, 6.45) is 1.42. The van der Waals surface area contributed by atoms with E-state index in [4.69, 9.17) is 9.16 Å². The number of rotatable bonds is 6. The van der Waals surface area contributed by atoms with Gasteiger partial charge in [0, 0.05) is 18.1 Å². The summed E-state index contributed by atoms with van der Waals surface area (Å²) in [7, 11) is -0.796. The number of methoxy groups -OCH3 is 1. The van der Waals surface area contributed by atoms with Crippen LogP contribution < -0.4 is 0 Å². The average molecular weight is 501 g/mol. The van der Waals surface area contributed by atoms with Gasteiger partial charge in [0.15, 0.2) is 8.32 Å². The van der Waals surface area contributed by atoms with Gasteiger partial charge in [-0.1, -0.05) is 59.7 Å². The number of carbonyl (C=O) groups excluding carboxylic acids is 1. The first-order valence-electron chi connectivity index (χ1n) is 12.4. The molecule has 3 rings (SSSR count). The zero-order chi connectivity index (χ0) is 26.3. The van der Waals surface area contributed by atoms with Gasteiger partial charge in [0.25, 0.3) is 0 Å². The van der Waals surface area contributed by atoms with Crippen molar-refractivity contribution in [3.8, 4) is 11.1 Å². The number of esters is 1. The molecule has 2 aromatic carbocycles. The Morgan fingerprint density at radius 3 is 2.34 bits per heavy atom. The van der Waals surface area contributed by atoms with Crippen LogP contribution in [0, 0.1) is 11.2 Å². The number of hydrogen-bond donors (Lipinski definition) is 1. The molecule has 192 valence electrons. The number of carbonyl (C=O) groups is 1. The van der Waals surface area contributed by atoms with Crippen LogP contribution in [0.25, 0.3) is 11.1 Å². The highest BCUT2D eigenvalue weighted by Crippen LogP contribution is 2.51. The van der Waals surface area contributed by atoms with Crippen molar-refractivity contribution in [2.45, 2.75) is 84.5 Å². The van der Waals surface area contributed by atoms with Crippen molar-refractivity contribution in [1.82, 2.24) is 0 Å². The first kappa shape index (κ1) is 27.6. The maximum absolute atomic E-state index is 13.9. The molecule has 2 unspecified atom stereocenters. The van der Waals surface area contributed by atoms with Gasteiger partial charge in [0.2, 0.25) is 0 Å². The van der Waals surface area contributed by atoms with Crippen LogP contribution in [0.1, 0.15) is 87.0 Å². The van der Waals surface area contributed by atoms with Gasteiger partial charge in [0.1, 0.15) is 5.82 Å². The Morgan fingerprint density at radius 2 is 1.83 bits per heavy atom.